The van der Waals surface area contributed by atoms with Crippen molar-refractivity contribution in [1.82, 2.24) is 4.98 Å². The van der Waals surface area contributed by atoms with Crippen molar-refractivity contribution in [2.45, 2.75) is 5.33 Å². The number of alkyl halides is 1. The van der Waals surface area contributed by atoms with Crippen molar-refractivity contribution in [1.29, 1.82) is 0 Å². The summed E-state index contributed by atoms with van der Waals surface area (Å²) in [5.74, 6) is 0. The second-order valence-electron chi connectivity index (χ2n) is 2.76. The number of fused-ring (bicyclic) bond motifs is 1. The van der Waals surface area contributed by atoms with Crippen LogP contribution in [-0.4, -0.2) is 4.98 Å². The van der Waals surface area contributed by atoms with E-state index in [2.05, 4.69) is 49.0 Å². The first kappa shape index (κ1) is 9.16. The van der Waals surface area contributed by atoms with Crippen molar-refractivity contribution in [2.75, 3.05) is 0 Å². The Balaban J connectivity index is 2.77. The quantitative estimate of drug-likeness (QED) is 0.728. The summed E-state index contributed by atoms with van der Waals surface area (Å²) in [6.07, 6.45) is 1.84. The molecule has 0 N–H and O–H groups in total. The van der Waals surface area contributed by atoms with Gasteiger partial charge in [-0.25, -0.2) is 0 Å². The Morgan fingerprint density at radius 1 is 1.23 bits per heavy atom. The first-order valence-electron chi connectivity index (χ1n) is 3.90. The monoisotopic (exact) mass is 299 g/mol. The smallest absolute Gasteiger partial charge is 0.0587 e. The van der Waals surface area contributed by atoms with Gasteiger partial charge in [0.25, 0.3) is 0 Å². The Morgan fingerprint density at radius 3 is 2.85 bits per heavy atom. The summed E-state index contributed by atoms with van der Waals surface area (Å²) in [7, 11) is 0. The van der Waals surface area contributed by atoms with E-state index in [9.17, 15) is 0 Å². The molecule has 3 heteroatoms. The maximum absolute atomic E-state index is 4.29. The summed E-state index contributed by atoms with van der Waals surface area (Å²) < 4.78 is 1.10. The highest BCUT2D eigenvalue weighted by molar-refractivity contribution is 9.10. The van der Waals surface area contributed by atoms with E-state index in [4.69, 9.17) is 0 Å². The molecule has 0 saturated heterocycles. The van der Waals surface area contributed by atoms with E-state index in [1.807, 2.05) is 18.3 Å². The van der Waals surface area contributed by atoms with E-state index in [0.29, 0.717) is 0 Å². The molecule has 0 aliphatic rings. The van der Waals surface area contributed by atoms with E-state index in [-0.39, 0.29) is 0 Å². The minimum atomic E-state index is 0.798. The van der Waals surface area contributed by atoms with Gasteiger partial charge in [0.2, 0.25) is 0 Å². The van der Waals surface area contributed by atoms with E-state index >= 15 is 0 Å². The molecular weight excluding hydrogens is 294 g/mol. The second-order valence-corrected chi connectivity index (χ2v) is 4.23. The summed E-state index contributed by atoms with van der Waals surface area (Å²) in [5, 5.41) is 3.23. The normalized spacial score (nSPS) is 10.6. The summed E-state index contributed by atoms with van der Waals surface area (Å²) in [5.41, 5.74) is 1.09. The fourth-order valence-corrected chi connectivity index (χ4v) is 2.14. The SMILES string of the molecule is BrCc1nccc2cc(Br)ccc12. The van der Waals surface area contributed by atoms with Crippen LogP contribution in [0.5, 0.6) is 0 Å². The van der Waals surface area contributed by atoms with Gasteiger partial charge in [-0.15, -0.1) is 0 Å². The van der Waals surface area contributed by atoms with Crippen LogP contribution in [0.1, 0.15) is 5.69 Å². The number of hydrogen-bond acceptors (Lipinski definition) is 1. The topological polar surface area (TPSA) is 12.9 Å². The molecule has 1 nitrogen and oxygen atoms in total. The van der Waals surface area contributed by atoms with Crippen LogP contribution in [0.25, 0.3) is 10.8 Å². The highest BCUT2D eigenvalue weighted by Crippen LogP contribution is 2.22. The molecule has 0 radical (unpaired) electrons. The Kier molecular flexibility index (Phi) is 2.65. The van der Waals surface area contributed by atoms with Crippen molar-refractivity contribution >= 4 is 42.6 Å². The first-order valence-corrected chi connectivity index (χ1v) is 5.82. The average Bonchev–Trinajstić information content (AvgIpc) is 2.16. The molecule has 1 heterocycles. The molecule has 0 bridgehead atoms. The van der Waals surface area contributed by atoms with Crippen LogP contribution in [0.3, 0.4) is 0 Å². The number of pyridine rings is 1. The number of halogens is 2. The highest BCUT2D eigenvalue weighted by Gasteiger charge is 2.00. The molecule has 13 heavy (non-hydrogen) atoms. The van der Waals surface area contributed by atoms with E-state index in [0.717, 1.165) is 15.5 Å². The predicted octanol–water partition coefficient (Wildman–Crippen LogP) is 3.89. The zero-order chi connectivity index (χ0) is 9.26. The predicted molar refractivity (Wildman–Crippen MR) is 62.1 cm³/mol. The molecule has 1 aromatic carbocycles. The van der Waals surface area contributed by atoms with Crippen molar-refractivity contribution in [3.05, 3.63) is 40.6 Å². The van der Waals surface area contributed by atoms with Crippen LogP contribution in [0, 0.1) is 0 Å². The molecule has 0 spiro atoms. The fraction of sp³-hybridized carbons (Fsp3) is 0.100. The van der Waals surface area contributed by atoms with Crippen LogP contribution < -0.4 is 0 Å². The number of nitrogens with zero attached hydrogens (tertiary/aromatic N) is 1. The molecule has 0 aliphatic carbocycles. The van der Waals surface area contributed by atoms with Crippen LogP contribution in [-0.2, 0) is 5.33 Å². The fourth-order valence-electron chi connectivity index (χ4n) is 1.32. The van der Waals surface area contributed by atoms with Gasteiger partial charge in [-0.3, -0.25) is 4.98 Å². The van der Waals surface area contributed by atoms with Crippen molar-refractivity contribution in [2.24, 2.45) is 0 Å². The molecule has 66 valence electrons. The van der Waals surface area contributed by atoms with Crippen LogP contribution in [0.4, 0.5) is 0 Å². The number of aromatic nitrogens is 1. The first-order chi connectivity index (χ1) is 6.31. The third kappa shape index (κ3) is 1.76. The second kappa shape index (κ2) is 3.76. The Hall–Kier alpha value is -0.410. The minimum absolute atomic E-state index is 0.798. The molecule has 2 rings (SSSR count). The maximum atomic E-state index is 4.29. The lowest BCUT2D eigenvalue weighted by molar-refractivity contribution is 1.22. The highest BCUT2D eigenvalue weighted by atomic mass is 79.9. The average molecular weight is 301 g/mol. The molecule has 0 saturated carbocycles. The molecule has 0 atom stereocenters. The molecule has 0 unspecified atom stereocenters. The third-order valence-electron chi connectivity index (χ3n) is 1.94. The van der Waals surface area contributed by atoms with E-state index < -0.39 is 0 Å². The molecule has 2 aromatic rings. The lowest BCUT2D eigenvalue weighted by atomic mass is 10.1. The van der Waals surface area contributed by atoms with Gasteiger partial charge in [-0.2, -0.15) is 0 Å². The maximum Gasteiger partial charge on any atom is 0.0587 e. The van der Waals surface area contributed by atoms with Gasteiger partial charge in [0, 0.05) is 21.4 Å². The van der Waals surface area contributed by atoms with Gasteiger partial charge in [-0.1, -0.05) is 37.9 Å². The van der Waals surface area contributed by atoms with Gasteiger partial charge in [0.1, 0.15) is 0 Å². The molecule has 0 aliphatic heterocycles. The third-order valence-corrected chi connectivity index (χ3v) is 2.96. The lowest BCUT2D eigenvalue weighted by Gasteiger charge is -2.02. The van der Waals surface area contributed by atoms with Gasteiger partial charge >= 0.3 is 0 Å². The zero-order valence-corrected chi connectivity index (χ0v) is 9.97. The van der Waals surface area contributed by atoms with Crippen LogP contribution in [0.2, 0.25) is 0 Å². The summed E-state index contributed by atoms with van der Waals surface area (Å²) in [4.78, 5) is 4.29. The zero-order valence-electron chi connectivity index (χ0n) is 6.80. The van der Waals surface area contributed by atoms with Crippen molar-refractivity contribution in [3.63, 3.8) is 0 Å². The molecule has 0 fully saturated rings. The van der Waals surface area contributed by atoms with Gasteiger partial charge < -0.3 is 0 Å². The summed E-state index contributed by atoms with van der Waals surface area (Å²) in [6, 6.07) is 8.24. The van der Waals surface area contributed by atoms with E-state index in [1.165, 1.54) is 10.8 Å². The summed E-state index contributed by atoms with van der Waals surface area (Å²) in [6.45, 7) is 0. The Bertz CT molecular complexity index is 440. The summed E-state index contributed by atoms with van der Waals surface area (Å²) >= 11 is 6.87. The molecular formula is C10H7Br2N. The number of benzene rings is 1. The van der Waals surface area contributed by atoms with E-state index in [1.54, 1.807) is 0 Å². The molecule has 1 aromatic heterocycles. The minimum Gasteiger partial charge on any atom is -0.260 e. The Morgan fingerprint density at radius 2 is 2.08 bits per heavy atom. The van der Waals surface area contributed by atoms with Crippen LogP contribution >= 0.6 is 31.9 Å². The van der Waals surface area contributed by atoms with Crippen molar-refractivity contribution < 1.29 is 0 Å². The van der Waals surface area contributed by atoms with Crippen LogP contribution in [0.15, 0.2) is 34.9 Å². The lowest BCUT2D eigenvalue weighted by Crippen LogP contribution is -1.86. The van der Waals surface area contributed by atoms with Gasteiger partial charge in [0.15, 0.2) is 0 Å². The molecule has 0 amide bonds. The van der Waals surface area contributed by atoms with Gasteiger partial charge in [-0.05, 0) is 23.6 Å². The Labute approximate surface area is 93.4 Å². The standard InChI is InChI=1S/C10H7Br2N/c11-6-10-9-2-1-8(12)5-7(9)3-4-13-10/h1-5H,6H2. The largest absolute Gasteiger partial charge is 0.260 e. The van der Waals surface area contributed by atoms with Gasteiger partial charge in [0.05, 0.1) is 5.69 Å². The number of hydrogen-bond donors (Lipinski definition) is 0. The van der Waals surface area contributed by atoms with Crippen molar-refractivity contribution in [3.8, 4) is 0 Å². The number of rotatable bonds is 1.